The number of rotatable bonds is 4. The molecule has 1 aromatic rings. The zero-order valence-electron chi connectivity index (χ0n) is 10.6. The van der Waals surface area contributed by atoms with E-state index in [9.17, 15) is 4.79 Å². The monoisotopic (exact) mass is 264 g/mol. The van der Waals surface area contributed by atoms with Crippen LogP contribution >= 0.6 is 0 Å². The van der Waals surface area contributed by atoms with Crippen LogP contribution in [-0.2, 0) is 4.74 Å². The Labute approximate surface area is 110 Å². The number of aromatic carboxylic acids is 1. The second-order valence-electron chi connectivity index (χ2n) is 4.30. The zero-order valence-corrected chi connectivity index (χ0v) is 10.6. The van der Waals surface area contributed by atoms with Gasteiger partial charge in [-0.1, -0.05) is 0 Å². The van der Waals surface area contributed by atoms with E-state index < -0.39 is 5.97 Å². The molecule has 7 nitrogen and oxygen atoms in total. The standard InChI is InChI=1S/C12H16N4O3/c1-19-8-4-5-16(7-8)10(13)2-3-11-14-6-9(15-11)12(17)18/h2-3,6,8,13H,4-5,7H2,1H3,(H,14,15)(H,17,18)/b3-2-,13-10?. The summed E-state index contributed by atoms with van der Waals surface area (Å²) in [6, 6.07) is 0. The molecule has 2 heterocycles. The molecule has 0 bridgehead atoms. The van der Waals surface area contributed by atoms with Crippen molar-refractivity contribution in [1.29, 1.82) is 5.41 Å². The number of likely N-dealkylation sites (tertiary alicyclic amines) is 1. The number of H-pyrrole nitrogens is 1. The van der Waals surface area contributed by atoms with Crippen molar-refractivity contribution in [3.63, 3.8) is 0 Å². The third-order valence-electron chi connectivity index (χ3n) is 3.04. The summed E-state index contributed by atoms with van der Waals surface area (Å²) >= 11 is 0. The van der Waals surface area contributed by atoms with Gasteiger partial charge in [0.2, 0.25) is 0 Å². The normalized spacial score (nSPS) is 19.2. The number of aromatic amines is 1. The van der Waals surface area contributed by atoms with Crippen LogP contribution in [0.15, 0.2) is 12.3 Å². The lowest BCUT2D eigenvalue weighted by Gasteiger charge is -2.16. The van der Waals surface area contributed by atoms with Crippen molar-refractivity contribution in [3.8, 4) is 0 Å². The number of hydrogen-bond donors (Lipinski definition) is 3. The number of ether oxygens (including phenoxy) is 1. The fourth-order valence-corrected chi connectivity index (χ4v) is 1.93. The van der Waals surface area contributed by atoms with Crippen molar-refractivity contribution < 1.29 is 14.6 Å². The summed E-state index contributed by atoms with van der Waals surface area (Å²) in [5, 5.41) is 16.7. The van der Waals surface area contributed by atoms with E-state index in [0.29, 0.717) is 18.2 Å². The smallest absolute Gasteiger partial charge is 0.353 e. The molecule has 0 amide bonds. The highest BCUT2D eigenvalue weighted by molar-refractivity contribution is 5.94. The molecule has 1 aliphatic heterocycles. The molecule has 102 valence electrons. The van der Waals surface area contributed by atoms with Crippen molar-refractivity contribution in [2.75, 3.05) is 20.2 Å². The van der Waals surface area contributed by atoms with Crippen LogP contribution in [0.5, 0.6) is 0 Å². The van der Waals surface area contributed by atoms with Crippen molar-refractivity contribution in [3.05, 3.63) is 23.8 Å². The Kier molecular flexibility index (Phi) is 3.96. The lowest BCUT2D eigenvalue weighted by molar-refractivity contribution is 0.0691. The number of nitrogens with one attached hydrogen (secondary N) is 2. The number of aromatic nitrogens is 2. The topological polar surface area (TPSA) is 102 Å². The first-order valence-corrected chi connectivity index (χ1v) is 5.93. The van der Waals surface area contributed by atoms with Gasteiger partial charge < -0.3 is 19.7 Å². The molecule has 0 aliphatic carbocycles. The molecule has 0 aromatic carbocycles. The molecule has 0 saturated carbocycles. The Balaban J connectivity index is 1.94. The predicted octanol–water partition coefficient (Wildman–Crippen LogP) is 0.819. The van der Waals surface area contributed by atoms with Crippen LogP contribution in [0.2, 0.25) is 0 Å². The van der Waals surface area contributed by atoms with Gasteiger partial charge in [0.15, 0.2) is 0 Å². The van der Waals surface area contributed by atoms with Gasteiger partial charge in [0.25, 0.3) is 0 Å². The molecule has 1 aliphatic rings. The van der Waals surface area contributed by atoms with Gasteiger partial charge in [0.05, 0.1) is 12.3 Å². The number of carboxylic acid groups (broad SMARTS) is 1. The first-order valence-electron chi connectivity index (χ1n) is 5.93. The number of methoxy groups -OCH3 is 1. The molecule has 1 unspecified atom stereocenters. The second-order valence-corrected chi connectivity index (χ2v) is 4.30. The van der Waals surface area contributed by atoms with Gasteiger partial charge in [-0.2, -0.15) is 0 Å². The third kappa shape index (κ3) is 3.19. The molecule has 3 N–H and O–H groups in total. The summed E-state index contributed by atoms with van der Waals surface area (Å²) in [7, 11) is 1.67. The molecule has 2 rings (SSSR count). The van der Waals surface area contributed by atoms with E-state index in [1.807, 2.05) is 4.90 Å². The summed E-state index contributed by atoms with van der Waals surface area (Å²) < 4.78 is 5.24. The fraction of sp³-hybridized carbons (Fsp3) is 0.417. The van der Waals surface area contributed by atoms with E-state index in [-0.39, 0.29) is 11.8 Å². The van der Waals surface area contributed by atoms with E-state index in [1.165, 1.54) is 6.20 Å². The van der Waals surface area contributed by atoms with Crippen molar-refractivity contribution >= 4 is 17.9 Å². The highest BCUT2D eigenvalue weighted by Crippen LogP contribution is 2.12. The molecule has 7 heteroatoms. The van der Waals surface area contributed by atoms with Gasteiger partial charge in [-0.25, -0.2) is 9.78 Å². The molecule has 1 aromatic heterocycles. The van der Waals surface area contributed by atoms with Gasteiger partial charge in [0.1, 0.15) is 17.4 Å². The first-order chi connectivity index (χ1) is 9.10. The van der Waals surface area contributed by atoms with Gasteiger partial charge in [-0.3, -0.25) is 5.41 Å². The maximum Gasteiger partial charge on any atom is 0.353 e. The highest BCUT2D eigenvalue weighted by Gasteiger charge is 2.22. The summed E-state index contributed by atoms with van der Waals surface area (Å²) in [5.41, 5.74) is 0.0341. The number of amidine groups is 1. The summed E-state index contributed by atoms with van der Waals surface area (Å²) in [5.74, 6) is -0.262. The average Bonchev–Trinajstić information content (AvgIpc) is 3.04. The average molecular weight is 264 g/mol. The third-order valence-corrected chi connectivity index (χ3v) is 3.04. The van der Waals surface area contributed by atoms with Crippen LogP contribution in [0.1, 0.15) is 22.7 Å². The minimum absolute atomic E-state index is 0.0341. The minimum atomic E-state index is -1.05. The molecule has 0 radical (unpaired) electrons. The van der Waals surface area contributed by atoms with Crippen LogP contribution in [0, 0.1) is 5.41 Å². The van der Waals surface area contributed by atoms with E-state index in [2.05, 4.69) is 9.97 Å². The second kappa shape index (κ2) is 5.66. The van der Waals surface area contributed by atoms with Crippen LogP contribution < -0.4 is 0 Å². The van der Waals surface area contributed by atoms with Crippen molar-refractivity contribution in [1.82, 2.24) is 14.9 Å². The molecule has 1 saturated heterocycles. The summed E-state index contributed by atoms with van der Waals surface area (Å²) in [4.78, 5) is 19.1. The number of carbonyl (C=O) groups is 1. The van der Waals surface area contributed by atoms with Gasteiger partial charge in [-0.05, 0) is 18.6 Å². The van der Waals surface area contributed by atoms with E-state index >= 15 is 0 Å². The van der Waals surface area contributed by atoms with E-state index in [4.69, 9.17) is 15.3 Å². The van der Waals surface area contributed by atoms with Crippen LogP contribution in [-0.4, -0.2) is 58.1 Å². The summed E-state index contributed by atoms with van der Waals surface area (Å²) in [6.07, 6.45) is 5.53. The van der Waals surface area contributed by atoms with Crippen LogP contribution in [0.25, 0.3) is 6.08 Å². The van der Waals surface area contributed by atoms with Crippen molar-refractivity contribution in [2.24, 2.45) is 0 Å². The Hall–Kier alpha value is -2.15. The van der Waals surface area contributed by atoms with Crippen LogP contribution in [0.4, 0.5) is 0 Å². The Morgan fingerprint density at radius 2 is 2.53 bits per heavy atom. The van der Waals surface area contributed by atoms with Gasteiger partial charge in [0, 0.05) is 20.2 Å². The van der Waals surface area contributed by atoms with Gasteiger partial charge in [-0.15, -0.1) is 0 Å². The molecule has 1 fully saturated rings. The maximum atomic E-state index is 10.7. The lowest BCUT2D eigenvalue weighted by Crippen LogP contribution is -2.27. The number of nitrogens with zero attached hydrogens (tertiary/aromatic N) is 2. The molecule has 0 spiro atoms. The largest absolute Gasteiger partial charge is 0.477 e. The van der Waals surface area contributed by atoms with Crippen LogP contribution in [0.3, 0.4) is 0 Å². The van der Waals surface area contributed by atoms with Gasteiger partial charge >= 0.3 is 5.97 Å². The lowest BCUT2D eigenvalue weighted by atomic mass is 10.3. The Morgan fingerprint density at radius 3 is 3.11 bits per heavy atom. The summed E-state index contributed by atoms with van der Waals surface area (Å²) in [6.45, 7) is 1.50. The SMILES string of the molecule is COC1CCN(C(=N)/C=C\c2ncc(C(=O)O)[nH]2)C1. The number of hydrogen-bond acceptors (Lipinski definition) is 4. The number of imidazole rings is 1. The molecular weight excluding hydrogens is 248 g/mol. The minimum Gasteiger partial charge on any atom is -0.477 e. The first kappa shape index (κ1) is 13.3. The van der Waals surface area contributed by atoms with E-state index in [1.54, 1.807) is 19.3 Å². The van der Waals surface area contributed by atoms with Crippen molar-refractivity contribution in [2.45, 2.75) is 12.5 Å². The Morgan fingerprint density at radius 1 is 1.74 bits per heavy atom. The molecule has 1 atom stereocenters. The zero-order chi connectivity index (χ0) is 13.8. The Bertz CT molecular complexity index is 509. The number of carboxylic acids is 1. The highest BCUT2D eigenvalue weighted by atomic mass is 16.5. The fourth-order valence-electron chi connectivity index (χ4n) is 1.93. The predicted molar refractivity (Wildman–Crippen MR) is 69.3 cm³/mol. The molecule has 19 heavy (non-hydrogen) atoms. The maximum absolute atomic E-state index is 10.7. The van der Waals surface area contributed by atoms with E-state index in [0.717, 1.165) is 13.0 Å². The molecular formula is C12H16N4O3. The quantitative estimate of drug-likeness (QED) is 0.552.